The number of aryl methyl sites for hydroxylation is 1. The van der Waals surface area contributed by atoms with Crippen molar-refractivity contribution in [1.29, 1.82) is 0 Å². The number of carboxylic acids is 1. The number of aliphatic carboxylic acids is 1. The largest absolute Gasteiger partial charge is 0.481 e. The predicted molar refractivity (Wildman–Crippen MR) is 93.8 cm³/mol. The number of methoxy groups -OCH3 is 1. The van der Waals surface area contributed by atoms with Crippen LogP contribution in [0.1, 0.15) is 27.2 Å². The fourth-order valence-corrected chi connectivity index (χ4v) is 1.31. The van der Waals surface area contributed by atoms with Crippen LogP contribution in [0.5, 0.6) is 0 Å². The van der Waals surface area contributed by atoms with Gasteiger partial charge in [0, 0.05) is 30.9 Å². The van der Waals surface area contributed by atoms with E-state index in [1.165, 1.54) is 14.0 Å². The molecular weight excluding hydrogens is 362 g/mol. The van der Waals surface area contributed by atoms with Gasteiger partial charge in [0.05, 0.1) is 7.11 Å². The van der Waals surface area contributed by atoms with Crippen molar-refractivity contribution >= 4 is 11.9 Å². The highest BCUT2D eigenvalue weighted by atomic mass is 19.3. The first-order valence-electron chi connectivity index (χ1n) is 7.96. The molecule has 2 aromatic rings. The Labute approximate surface area is 156 Å². The van der Waals surface area contributed by atoms with Crippen molar-refractivity contribution in [2.24, 2.45) is 0 Å². The molecule has 2 heterocycles. The zero-order chi connectivity index (χ0) is 21.1. The smallest absolute Gasteiger partial charge is 0.309 e. The Balaban J connectivity index is 0. The molecular formula is C17H25F2N4O4+. The van der Waals surface area contributed by atoms with Crippen molar-refractivity contribution in [3.8, 4) is 11.4 Å². The molecule has 0 aliphatic carbocycles. The van der Waals surface area contributed by atoms with E-state index in [2.05, 4.69) is 19.8 Å². The van der Waals surface area contributed by atoms with Crippen molar-refractivity contribution in [1.82, 2.24) is 15.1 Å². The number of ether oxygens (including phenoxy) is 1. The molecule has 0 spiro atoms. The van der Waals surface area contributed by atoms with E-state index in [1.807, 2.05) is 19.9 Å². The van der Waals surface area contributed by atoms with E-state index in [-0.39, 0.29) is 12.4 Å². The standard InChI is InChI=1S/C11H10N4O2.C3H6O2.C2H6.CH2F2/c16-10(17)3-7-15-6-2-9(8-14-15)11-12-4-1-5-13-11;1-3(4)5-2;1-2;2-1-3/h1-2,4-6,8H,3,7H2;1-2H3;1-2H3;1H2/p+1. The molecule has 2 rings (SSSR count). The molecule has 0 saturated heterocycles. The second-order valence-corrected chi connectivity index (χ2v) is 4.19. The van der Waals surface area contributed by atoms with Gasteiger partial charge in [0.25, 0.3) is 0 Å². The Kier molecular flexibility index (Phi) is 17.2. The van der Waals surface area contributed by atoms with Crippen molar-refractivity contribution in [2.75, 3.05) is 14.0 Å². The summed E-state index contributed by atoms with van der Waals surface area (Å²) in [6.07, 6.45) is 6.71. The van der Waals surface area contributed by atoms with Gasteiger partial charge < -0.3 is 9.84 Å². The van der Waals surface area contributed by atoms with E-state index in [0.717, 1.165) is 5.56 Å². The summed E-state index contributed by atoms with van der Waals surface area (Å²) in [5.74, 6) is -0.481. The van der Waals surface area contributed by atoms with Crippen LogP contribution in [0, 0.1) is 0 Å². The van der Waals surface area contributed by atoms with Crippen LogP contribution in [0.3, 0.4) is 0 Å². The number of carbonyl (C=O) groups excluding carboxylic acids is 1. The number of carboxylic acid groups (broad SMARTS) is 1. The Morgan fingerprint density at radius 3 is 2.11 bits per heavy atom. The topological polar surface area (TPSA) is 106 Å². The number of esters is 1. The second-order valence-electron chi connectivity index (χ2n) is 4.19. The van der Waals surface area contributed by atoms with Gasteiger partial charge in [0.2, 0.25) is 6.93 Å². The van der Waals surface area contributed by atoms with Gasteiger partial charge >= 0.3 is 11.9 Å². The molecule has 2 aromatic heterocycles. The van der Waals surface area contributed by atoms with Gasteiger partial charge in [-0.15, -0.1) is 0 Å². The second kappa shape index (κ2) is 17.8. The van der Waals surface area contributed by atoms with Crippen LogP contribution in [-0.4, -0.2) is 46.1 Å². The molecule has 0 aliphatic rings. The van der Waals surface area contributed by atoms with Crippen LogP contribution in [0.15, 0.2) is 36.9 Å². The highest BCUT2D eigenvalue weighted by Crippen LogP contribution is 2.09. The normalized spacial score (nSPS) is 8.52. The van der Waals surface area contributed by atoms with Crippen LogP contribution in [0.25, 0.3) is 11.4 Å². The van der Waals surface area contributed by atoms with Gasteiger partial charge in [0.1, 0.15) is 12.6 Å². The summed E-state index contributed by atoms with van der Waals surface area (Å²) in [7, 11) is 1.35. The number of hydrogen-bond acceptors (Lipinski definition) is 6. The number of nitrogens with zero attached hydrogens (tertiary/aromatic N) is 4. The molecule has 0 amide bonds. The average molecular weight is 387 g/mol. The average Bonchev–Trinajstić information content (AvgIpc) is 2.70. The molecule has 27 heavy (non-hydrogen) atoms. The van der Waals surface area contributed by atoms with Crippen molar-refractivity contribution in [3.05, 3.63) is 36.9 Å². The van der Waals surface area contributed by atoms with E-state index in [4.69, 9.17) is 5.11 Å². The molecule has 0 aromatic carbocycles. The molecule has 0 unspecified atom stereocenters. The Hall–Kier alpha value is -3.04. The minimum atomic E-state index is -1.75. The zero-order valence-corrected chi connectivity index (χ0v) is 15.8. The molecule has 150 valence electrons. The fraction of sp³-hybridized carbons (Fsp3) is 0.412. The third-order valence-electron chi connectivity index (χ3n) is 2.44. The Bertz CT molecular complexity index is 629. The molecule has 0 aliphatic heterocycles. The first kappa shape index (κ1) is 26.2. The molecule has 0 saturated carbocycles. The van der Waals surface area contributed by atoms with Crippen molar-refractivity contribution < 1.29 is 32.9 Å². The highest BCUT2D eigenvalue weighted by molar-refractivity contribution is 5.66. The zero-order valence-electron chi connectivity index (χ0n) is 15.8. The summed E-state index contributed by atoms with van der Waals surface area (Å²) >= 11 is 0. The lowest BCUT2D eigenvalue weighted by molar-refractivity contribution is -0.752. The molecule has 10 heteroatoms. The lowest BCUT2D eigenvalue weighted by Gasteiger charge is -1.96. The summed E-state index contributed by atoms with van der Waals surface area (Å²) in [5, 5.41) is 12.6. The molecule has 8 nitrogen and oxygen atoms in total. The van der Waals surface area contributed by atoms with Crippen LogP contribution >= 0.6 is 0 Å². The van der Waals surface area contributed by atoms with E-state index in [0.29, 0.717) is 12.4 Å². The minimum Gasteiger partial charge on any atom is -0.481 e. The first-order valence-corrected chi connectivity index (χ1v) is 7.96. The van der Waals surface area contributed by atoms with E-state index >= 15 is 0 Å². The van der Waals surface area contributed by atoms with Gasteiger partial charge in [0.15, 0.2) is 18.6 Å². The lowest BCUT2D eigenvalue weighted by atomic mass is 10.3. The van der Waals surface area contributed by atoms with Gasteiger partial charge in [-0.2, -0.15) is 0 Å². The van der Waals surface area contributed by atoms with Gasteiger partial charge in [-0.05, 0) is 11.2 Å². The monoisotopic (exact) mass is 387 g/mol. The number of alkyl halides is 2. The van der Waals surface area contributed by atoms with E-state index in [9.17, 15) is 18.4 Å². The highest BCUT2D eigenvalue weighted by Gasteiger charge is 2.08. The quantitative estimate of drug-likeness (QED) is 0.634. The third-order valence-corrected chi connectivity index (χ3v) is 2.44. The Morgan fingerprint density at radius 2 is 1.74 bits per heavy atom. The summed E-state index contributed by atoms with van der Waals surface area (Å²) in [6.45, 7) is 3.96. The first-order chi connectivity index (χ1) is 12.9. The maximum atomic E-state index is 10.4. The van der Waals surface area contributed by atoms with Crippen LogP contribution in [0.2, 0.25) is 0 Å². The summed E-state index contributed by atoms with van der Waals surface area (Å²) < 4.78 is 24.9. The Morgan fingerprint density at radius 1 is 1.22 bits per heavy atom. The van der Waals surface area contributed by atoms with Gasteiger partial charge in [-0.25, -0.2) is 18.7 Å². The molecule has 0 fully saturated rings. The number of carbonyl (C=O) groups is 2. The maximum Gasteiger partial charge on any atom is 0.309 e. The summed E-state index contributed by atoms with van der Waals surface area (Å²) in [6, 6.07) is 3.55. The number of halogens is 2. The van der Waals surface area contributed by atoms with Crippen molar-refractivity contribution in [3.63, 3.8) is 0 Å². The van der Waals surface area contributed by atoms with Crippen molar-refractivity contribution in [2.45, 2.75) is 33.7 Å². The lowest BCUT2D eigenvalue weighted by Crippen LogP contribution is -2.38. The van der Waals surface area contributed by atoms with Crippen LogP contribution in [0.4, 0.5) is 8.78 Å². The van der Waals surface area contributed by atoms with E-state index in [1.54, 1.807) is 35.5 Å². The maximum absolute atomic E-state index is 10.4. The molecule has 0 atom stereocenters. The van der Waals surface area contributed by atoms with Crippen LogP contribution < -0.4 is 4.68 Å². The molecule has 0 radical (unpaired) electrons. The number of rotatable bonds is 4. The van der Waals surface area contributed by atoms with Gasteiger partial charge in [-0.3, -0.25) is 9.59 Å². The van der Waals surface area contributed by atoms with Crippen LogP contribution in [-0.2, 0) is 20.9 Å². The summed E-state index contributed by atoms with van der Waals surface area (Å²) in [5.41, 5.74) is 0.803. The van der Waals surface area contributed by atoms with E-state index < -0.39 is 12.9 Å². The van der Waals surface area contributed by atoms with Gasteiger partial charge in [-0.1, -0.05) is 18.5 Å². The SMILES string of the molecule is CC.COC(C)=O.FCF.O=C(O)CC[n+]1ccc(-c2ncccn2)cn1. The number of aromatic nitrogens is 4. The summed E-state index contributed by atoms with van der Waals surface area (Å²) in [4.78, 5) is 28.2. The third kappa shape index (κ3) is 15.0. The fourth-order valence-electron chi connectivity index (χ4n) is 1.31. The molecule has 0 bridgehead atoms. The number of hydrogen-bond donors (Lipinski definition) is 1. The minimum absolute atomic E-state index is 0.0544. The molecule has 1 N–H and O–H groups in total. The predicted octanol–water partition coefficient (Wildman–Crippen LogP) is 2.39.